The summed E-state index contributed by atoms with van der Waals surface area (Å²) in [6.45, 7) is 9.46. The second-order valence-electron chi connectivity index (χ2n) is 4.22. The van der Waals surface area contributed by atoms with Gasteiger partial charge in [0.25, 0.3) is 0 Å². The van der Waals surface area contributed by atoms with Crippen molar-refractivity contribution < 1.29 is 0 Å². The zero-order valence-corrected chi connectivity index (χ0v) is 12.0. The first kappa shape index (κ1) is 12.7. The topological polar surface area (TPSA) is 0 Å². The maximum Gasteiger partial charge on any atom is 0.0404 e. The van der Waals surface area contributed by atoms with Gasteiger partial charge in [-0.3, -0.25) is 0 Å². The first-order valence-corrected chi connectivity index (χ1v) is 9.99. The highest BCUT2D eigenvalue weighted by molar-refractivity contribution is 7.60. The average molecular weight is 249 g/mol. The molecular formula is C11H19ClP2. The number of allylic oxidation sites excluding steroid dienone is 4. The smallest absolute Gasteiger partial charge is 0.0404 e. The molecule has 0 aromatic rings. The minimum Gasteiger partial charge on any atom is -0.112 e. The van der Waals surface area contributed by atoms with Crippen molar-refractivity contribution in [2.45, 2.75) is 12.1 Å². The highest BCUT2D eigenvalue weighted by atomic mass is 35.5. The fourth-order valence-electron chi connectivity index (χ4n) is 1.72. The lowest BCUT2D eigenvalue weighted by Crippen LogP contribution is -2.12. The van der Waals surface area contributed by atoms with Crippen molar-refractivity contribution in [2.24, 2.45) is 0 Å². The Morgan fingerprint density at radius 3 is 2.36 bits per heavy atom. The van der Waals surface area contributed by atoms with Crippen LogP contribution in [0.4, 0.5) is 0 Å². The standard InChI is InChI=1S/C11H19ClP2/c1-13(2)8-11(14(3)4)9-6-5-7-10(9)12/h5,7,11H,6,8H2,1-4H3. The van der Waals surface area contributed by atoms with Crippen molar-refractivity contribution in [3.8, 4) is 0 Å². The molecule has 1 unspecified atom stereocenters. The van der Waals surface area contributed by atoms with E-state index >= 15 is 0 Å². The van der Waals surface area contributed by atoms with Crippen LogP contribution >= 0.6 is 27.4 Å². The Balaban J connectivity index is 2.74. The largest absolute Gasteiger partial charge is 0.112 e. The van der Waals surface area contributed by atoms with Crippen LogP contribution in [0, 0.1) is 0 Å². The van der Waals surface area contributed by atoms with Gasteiger partial charge in [0.1, 0.15) is 0 Å². The maximum absolute atomic E-state index is 6.21. The molecule has 0 bridgehead atoms. The SMILES string of the molecule is CP(C)CC(C1=C(Cl)C=CC1)P(C)C. The van der Waals surface area contributed by atoms with Gasteiger partial charge in [0.2, 0.25) is 0 Å². The predicted molar refractivity (Wildman–Crippen MR) is 72.8 cm³/mol. The molecule has 0 N–H and O–H groups in total. The summed E-state index contributed by atoms with van der Waals surface area (Å²) < 4.78 is 0. The van der Waals surface area contributed by atoms with E-state index in [1.54, 1.807) is 0 Å². The predicted octanol–water partition coefficient (Wildman–Crippen LogP) is 4.29. The summed E-state index contributed by atoms with van der Waals surface area (Å²) in [5, 5.41) is 1.02. The molecule has 0 heterocycles. The Kier molecular flexibility index (Phi) is 5.12. The van der Waals surface area contributed by atoms with Crippen molar-refractivity contribution in [3.05, 3.63) is 22.8 Å². The van der Waals surface area contributed by atoms with Crippen LogP contribution in [-0.4, -0.2) is 38.5 Å². The van der Waals surface area contributed by atoms with Gasteiger partial charge in [0.15, 0.2) is 0 Å². The second kappa shape index (κ2) is 5.64. The van der Waals surface area contributed by atoms with Crippen LogP contribution in [0.2, 0.25) is 0 Å². The summed E-state index contributed by atoms with van der Waals surface area (Å²) in [5.41, 5.74) is 2.26. The van der Waals surface area contributed by atoms with Crippen LogP contribution in [0.15, 0.2) is 22.8 Å². The second-order valence-corrected chi connectivity index (χ2v) is 9.70. The number of hydrogen-bond acceptors (Lipinski definition) is 0. The molecule has 0 spiro atoms. The monoisotopic (exact) mass is 248 g/mol. The van der Waals surface area contributed by atoms with E-state index in [1.807, 2.05) is 0 Å². The summed E-state index contributed by atoms with van der Waals surface area (Å²) in [5.74, 6) is 0. The van der Waals surface area contributed by atoms with Crippen LogP contribution < -0.4 is 0 Å². The normalized spacial score (nSPS) is 18.8. The van der Waals surface area contributed by atoms with Crippen molar-refractivity contribution in [1.82, 2.24) is 0 Å². The molecule has 0 aliphatic heterocycles. The molecule has 0 fully saturated rings. The van der Waals surface area contributed by atoms with Gasteiger partial charge in [-0.15, -0.1) is 15.8 Å². The van der Waals surface area contributed by atoms with E-state index in [0.717, 1.165) is 17.1 Å². The first-order valence-electron chi connectivity index (χ1n) is 4.88. The van der Waals surface area contributed by atoms with Crippen molar-refractivity contribution >= 4 is 27.4 Å². The molecule has 1 aliphatic rings. The van der Waals surface area contributed by atoms with Crippen molar-refractivity contribution in [1.29, 1.82) is 0 Å². The van der Waals surface area contributed by atoms with E-state index in [9.17, 15) is 0 Å². The number of rotatable bonds is 4. The van der Waals surface area contributed by atoms with E-state index in [4.69, 9.17) is 11.6 Å². The molecular weight excluding hydrogens is 230 g/mol. The lowest BCUT2D eigenvalue weighted by Gasteiger charge is -2.25. The Labute approximate surface area is 95.3 Å². The zero-order chi connectivity index (χ0) is 10.7. The van der Waals surface area contributed by atoms with Crippen LogP contribution in [0.25, 0.3) is 0 Å². The quantitative estimate of drug-likeness (QED) is 0.651. The highest BCUT2D eigenvalue weighted by Gasteiger charge is 2.22. The Bertz CT molecular complexity index is 254. The van der Waals surface area contributed by atoms with E-state index in [1.165, 1.54) is 11.7 Å². The molecule has 0 aromatic heterocycles. The van der Waals surface area contributed by atoms with Gasteiger partial charge in [0, 0.05) is 10.7 Å². The van der Waals surface area contributed by atoms with Gasteiger partial charge in [0.05, 0.1) is 0 Å². The molecule has 14 heavy (non-hydrogen) atoms. The highest BCUT2D eigenvalue weighted by Crippen LogP contribution is 2.46. The maximum atomic E-state index is 6.21. The minimum absolute atomic E-state index is 0.0998. The lowest BCUT2D eigenvalue weighted by molar-refractivity contribution is 1.06. The van der Waals surface area contributed by atoms with Crippen molar-refractivity contribution in [2.75, 3.05) is 32.8 Å². The van der Waals surface area contributed by atoms with E-state index in [2.05, 4.69) is 38.8 Å². The van der Waals surface area contributed by atoms with Gasteiger partial charge in [-0.25, -0.2) is 0 Å². The summed E-state index contributed by atoms with van der Waals surface area (Å²) in [7, 11) is 0.288. The van der Waals surface area contributed by atoms with Gasteiger partial charge in [-0.05, 0) is 50.9 Å². The summed E-state index contributed by atoms with van der Waals surface area (Å²) in [6.07, 6.45) is 6.70. The molecule has 0 radical (unpaired) electrons. The van der Waals surface area contributed by atoms with Gasteiger partial charge >= 0.3 is 0 Å². The van der Waals surface area contributed by atoms with E-state index < -0.39 is 0 Å². The van der Waals surface area contributed by atoms with Gasteiger partial charge in [-0.1, -0.05) is 17.7 Å². The molecule has 3 heteroatoms. The molecule has 1 rings (SSSR count). The van der Waals surface area contributed by atoms with Crippen LogP contribution in [0.5, 0.6) is 0 Å². The van der Waals surface area contributed by atoms with Crippen LogP contribution in [-0.2, 0) is 0 Å². The van der Waals surface area contributed by atoms with Crippen LogP contribution in [0.1, 0.15) is 6.42 Å². The van der Waals surface area contributed by atoms with E-state index in [-0.39, 0.29) is 15.8 Å². The third-order valence-corrected chi connectivity index (χ3v) is 5.97. The first-order chi connectivity index (χ1) is 6.52. The fraction of sp³-hybridized carbons (Fsp3) is 0.636. The fourth-order valence-corrected chi connectivity index (χ4v) is 6.16. The van der Waals surface area contributed by atoms with Crippen LogP contribution in [0.3, 0.4) is 0 Å². The third-order valence-electron chi connectivity index (χ3n) is 2.47. The molecule has 0 saturated carbocycles. The summed E-state index contributed by atoms with van der Waals surface area (Å²) >= 11 is 6.21. The van der Waals surface area contributed by atoms with Gasteiger partial charge < -0.3 is 0 Å². The lowest BCUT2D eigenvalue weighted by atomic mass is 10.2. The Hall–Kier alpha value is 0.630. The molecule has 80 valence electrons. The molecule has 0 amide bonds. The molecule has 0 nitrogen and oxygen atoms in total. The number of hydrogen-bond donors (Lipinski definition) is 0. The Morgan fingerprint density at radius 2 is 2.00 bits per heavy atom. The van der Waals surface area contributed by atoms with Gasteiger partial charge in [-0.2, -0.15) is 0 Å². The molecule has 0 aromatic carbocycles. The van der Waals surface area contributed by atoms with E-state index in [0.29, 0.717) is 0 Å². The summed E-state index contributed by atoms with van der Waals surface area (Å²) in [4.78, 5) is 0. The van der Waals surface area contributed by atoms with Crippen molar-refractivity contribution in [3.63, 3.8) is 0 Å². The average Bonchev–Trinajstić information content (AvgIpc) is 2.46. The molecule has 1 atom stereocenters. The molecule has 1 aliphatic carbocycles. The molecule has 0 saturated heterocycles. The minimum atomic E-state index is 0.0998. The number of halogens is 1. The zero-order valence-electron chi connectivity index (χ0n) is 9.42. The third kappa shape index (κ3) is 3.34. The Morgan fingerprint density at radius 1 is 1.36 bits per heavy atom. The summed E-state index contributed by atoms with van der Waals surface area (Å²) in [6, 6.07) is 0.